The molecule has 1 N–H and O–H groups in total. The number of hydrogen-bond donors (Lipinski definition) is 1. The number of rotatable bonds is 6. The fraction of sp³-hybridized carbons (Fsp3) is 0.667. The predicted molar refractivity (Wildman–Crippen MR) is 110 cm³/mol. The molecule has 1 aromatic heterocycles. The molecule has 28 heavy (non-hydrogen) atoms. The Morgan fingerprint density at radius 2 is 1.71 bits per heavy atom. The van der Waals surface area contributed by atoms with Gasteiger partial charge in [0.15, 0.2) is 0 Å². The van der Waals surface area contributed by atoms with Crippen LogP contribution in [-0.4, -0.2) is 53.7 Å². The second-order valence-corrected chi connectivity index (χ2v) is 9.06. The van der Waals surface area contributed by atoms with Gasteiger partial charge in [0.05, 0.1) is 11.4 Å². The zero-order chi connectivity index (χ0) is 19.9. The van der Waals surface area contributed by atoms with Gasteiger partial charge in [-0.3, -0.25) is 14.4 Å². The van der Waals surface area contributed by atoms with E-state index in [9.17, 15) is 14.4 Å². The molecule has 0 radical (unpaired) electrons. The van der Waals surface area contributed by atoms with Crippen LogP contribution in [0, 0.1) is 5.92 Å². The summed E-state index contributed by atoms with van der Waals surface area (Å²) in [6.45, 7) is 4.37. The summed E-state index contributed by atoms with van der Waals surface area (Å²) in [6, 6.07) is 3.71. The van der Waals surface area contributed by atoms with Crippen molar-refractivity contribution < 1.29 is 14.4 Å². The molecule has 1 aliphatic carbocycles. The summed E-state index contributed by atoms with van der Waals surface area (Å²) in [5.74, 6) is 0.913. The molecule has 1 aromatic rings. The van der Waals surface area contributed by atoms with E-state index in [1.54, 1.807) is 0 Å². The zero-order valence-electron chi connectivity index (χ0n) is 16.7. The Bertz CT molecular complexity index is 689. The maximum absolute atomic E-state index is 12.7. The van der Waals surface area contributed by atoms with Crippen LogP contribution in [0.15, 0.2) is 12.1 Å². The maximum atomic E-state index is 12.7. The van der Waals surface area contributed by atoms with E-state index in [2.05, 4.69) is 5.32 Å². The van der Waals surface area contributed by atoms with E-state index in [0.29, 0.717) is 44.0 Å². The standard InChI is InChI=1S/C21H31N3O3S/c1-16(25)22-15-18-8-9-19(28-18)21(27)24-13-11-23(12-14-24)20(26)10-7-17-5-3-2-4-6-17/h8-9,17H,2-7,10-15H2,1H3,(H,22,25). The molecule has 1 saturated heterocycles. The number of nitrogens with one attached hydrogen (secondary N) is 1. The molecule has 3 rings (SSSR count). The van der Waals surface area contributed by atoms with Crippen LogP contribution in [0.2, 0.25) is 0 Å². The molecule has 1 saturated carbocycles. The minimum Gasteiger partial charge on any atom is -0.351 e. The number of carbonyl (C=O) groups excluding carboxylic acids is 3. The van der Waals surface area contributed by atoms with Gasteiger partial charge in [-0.15, -0.1) is 11.3 Å². The molecule has 7 heteroatoms. The summed E-state index contributed by atoms with van der Waals surface area (Å²) in [5, 5.41) is 2.75. The first kappa shape index (κ1) is 20.8. The van der Waals surface area contributed by atoms with Gasteiger partial charge < -0.3 is 15.1 Å². The molecule has 0 spiro atoms. The summed E-state index contributed by atoms with van der Waals surface area (Å²) < 4.78 is 0. The summed E-state index contributed by atoms with van der Waals surface area (Å²) in [7, 11) is 0. The lowest BCUT2D eigenvalue weighted by atomic mass is 9.86. The summed E-state index contributed by atoms with van der Waals surface area (Å²) in [6.07, 6.45) is 8.20. The molecule has 3 amide bonds. The highest BCUT2D eigenvalue weighted by Crippen LogP contribution is 2.27. The van der Waals surface area contributed by atoms with Crippen molar-refractivity contribution in [3.8, 4) is 0 Å². The number of hydrogen-bond acceptors (Lipinski definition) is 4. The molecule has 154 valence electrons. The van der Waals surface area contributed by atoms with Crippen LogP contribution in [0.4, 0.5) is 0 Å². The van der Waals surface area contributed by atoms with Gasteiger partial charge in [-0.05, 0) is 24.5 Å². The fourth-order valence-corrected chi connectivity index (χ4v) is 4.99. The van der Waals surface area contributed by atoms with Gasteiger partial charge >= 0.3 is 0 Å². The van der Waals surface area contributed by atoms with Gasteiger partial charge in [-0.2, -0.15) is 0 Å². The van der Waals surface area contributed by atoms with E-state index in [4.69, 9.17) is 0 Å². The van der Waals surface area contributed by atoms with Crippen molar-refractivity contribution in [2.45, 2.75) is 58.4 Å². The van der Waals surface area contributed by atoms with E-state index in [1.165, 1.54) is 50.4 Å². The lowest BCUT2D eigenvalue weighted by Gasteiger charge is -2.35. The average Bonchev–Trinajstić information content (AvgIpc) is 3.20. The molecule has 2 fully saturated rings. The molecule has 1 aliphatic heterocycles. The Morgan fingerprint density at radius 3 is 2.39 bits per heavy atom. The van der Waals surface area contributed by atoms with Crippen molar-refractivity contribution in [2.75, 3.05) is 26.2 Å². The highest BCUT2D eigenvalue weighted by molar-refractivity contribution is 7.14. The maximum Gasteiger partial charge on any atom is 0.264 e. The lowest BCUT2D eigenvalue weighted by Crippen LogP contribution is -2.50. The molecule has 2 aliphatic rings. The van der Waals surface area contributed by atoms with Crippen LogP contribution < -0.4 is 5.32 Å². The Kier molecular flexibility index (Phi) is 7.48. The minimum atomic E-state index is -0.0782. The van der Waals surface area contributed by atoms with Gasteiger partial charge in [-0.25, -0.2) is 0 Å². The van der Waals surface area contributed by atoms with E-state index in [1.807, 2.05) is 21.9 Å². The normalized spacial score (nSPS) is 18.2. The second kappa shape index (κ2) is 10.0. The van der Waals surface area contributed by atoms with Crippen molar-refractivity contribution in [2.24, 2.45) is 5.92 Å². The Labute approximate surface area is 171 Å². The summed E-state index contributed by atoms with van der Waals surface area (Å²) in [4.78, 5) is 41.6. The van der Waals surface area contributed by atoms with Crippen LogP contribution in [0.5, 0.6) is 0 Å². The SMILES string of the molecule is CC(=O)NCc1ccc(C(=O)N2CCN(C(=O)CCC3CCCCC3)CC2)s1. The fourth-order valence-electron chi connectivity index (χ4n) is 4.08. The average molecular weight is 406 g/mol. The third-order valence-electron chi connectivity index (χ3n) is 5.79. The van der Waals surface area contributed by atoms with E-state index < -0.39 is 0 Å². The zero-order valence-corrected chi connectivity index (χ0v) is 17.6. The first-order valence-corrected chi connectivity index (χ1v) is 11.2. The molecule has 0 aromatic carbocycles. The van der Waals surface area contributed by atoms with Gasteiger partial charge in [-0.1, -0.05) is 32.1 Å². The second-order valence-electron chi connectivity index (χ2n) is 7.89. The van der Waals surface area contributed by atoms with Crippen molar-refractivity contribution in [3.05, 3.63) is 21.9 Å². The van der Waals surface area contributed by atoms with Gasteiger partial charge in [0, 0.05) is 44.4 Å². The molecule has 2 heterocycles. The first-order chi connectivity index (χ1) is 13.5. The van der Waals surface area contributed by atoms with E-state index in [0.717, 1.165) is 17.2 Å². The number of nitrogens with zero attached hydrogens (tertiary/aromatic N) is 2. The third-order valence-corrected chi connectivity index (χ3v) is 6.87. The highest BCUT2D eigenvalue weighted by atomic mass is 32.1. The van der Waals surface area contributed by atoms with Crippen molar-refractivity contribution in [1.29, 1.82) is 0 Å². The third kappa shape index (κ3) is 5.80. The van der Waals surface area contributed by atoms with Crippen molar-refractivity contribution in [1.82, 2.24) is 15.1 Å². The minimum absolute atomic E-state index is 0.0216. The first-order valence-electron chi connectivity index (χ1n) is 10.4. The highest BCUT2D eigenvalue weighted by Gasteiger charge is 2.26. The van der Waals surface area contributed by atoms with Crippen molar-refractivity contribution >= 4 is 29.1 Å². The predicted octanol–water partition coefficient (Wildman–Crippen LogP) is 3.03. The van der Waals surface area contributed by atoms with Crippen molar-refractivity contribution in [3.63, 3.8) is 0 Å². The Hall–Kier alpha value is -1.89. The van der Waals surface area contributed by atoms with E-state index in [-0.39, 0.29) is 17.7 Å². The quantitative estimate of drug-likeness (QED) is 0.791. The molecule has 0 bridgehead atoms. The topological polar surface area (TPSA) is 69.7 Å². The molecule has 0 atom stereocenters. The Balaban J connectivity index is 1.42. The van der Waals surface area contributed by atoms with Gasteiger partial charge in [0.1, 0.15) is 0 Å². The number of piperazine rings is 1. The van der Waals surface area contributed by atoms with E-state index >= 15 is 0 Å². The van der Waals surface area contributed by atoms with Gasteiger partial charge in [0.2, 0.25) is 11.8 Å². The van der Waals surface area contributed by atoms with Crippen LogP contribution in [0.25, 0.3) is 0 Å². The van der Waals surface area contributed by atoms with Crippen LogP contribution in [-0.2, 0) is 16.1 Å². The number of carbonyl (C=O) groups is 3. The van der Waals surface area contributed by atoms with Crippen LogP contribution in [0.1, 0.15) is 66.4 Å². The van der Waals surface area contributed by atoms with Crippen LogP contribution >= 0.6 is 11.3 Å². The summed E-state index contributed by atoms with van der Waals surface area (Å²) in [5.41, 5.74) is 0. The number of amides is 3. The summed E-state index contributed by atoms with van der Waals surface area (Å²) >= 11 is 1.42. The molecular formula is C21H31N3O3S. The molecular weight excluding hydrogens is 374 g/mol. The number of thiophene rings is 1. The Morgan fingerprint density at radius 1 is 1.04 bits per heavy atom. The van der Waals surface area contributed by atoms with Gasteiger partial charge in [0.25, 0.3) is 5.91 Å². The van der Waals surface area contributed by atoms with Crippen LogP contribution in [0.3, 0.4) is 0 Å². The largest absolute Gasteiger partial charge is 0.351 e. The smallest absolute Gasteiger partial charge is 0.264 e. The monoisotopic (exact) mass is 405 g/mol. The molecule has 6 nitrogen and oxygen atoms in total. The molecule has 0 unspecified atom stereocenters. The lowest BCUT2D eigenvalue weighted by molar-refractivity contribution is -0.133.